The van der Waals surface area contributed by atoms with E-state index in [-0.39, 0.29) is 12.0 Å². The molecular weight excluding hydrogens is 252 g/mol. The molecule has 0 saturated carbocycles. The molecule has 0 aliphatic carbocycles. The molecule has 1 aromatic rings. The van der Waals surface area contributed by atoms with E-state index in [9.17, 15) is 4.79 Å². The van der Waals surface area contributed by atoms with Gasteiger partial charge in [-0.3, -0.25) is 4.79 Å². The SMILES string of the molecule is Cc1cc(C(=O)NCC2CCCCO2)cc(Cl)n1. The molecular formula is C13H17ClN2O2. The van der Waals surface area contributed by atoms with Gasteiger partial charge in [0.25, 0.3) is 5.91 Å². The summed E-state index contributed by atoms with van der Waals surface area (Å²) in [4.78, 5) is 16.0. The van der Waals surface area contributed by atoms with E-state index in [0.29, 0.717) is 17.3 Å². The minimum absolute atomic E-state index is 0.128. The molecule has 1 aliphatic rings. The van der Waals surface area contributed by atoms with Crippen LogP contribution in [0.2, 0.25) is 5.15 Å². The van der Waals surface area contributed by atoms with Crippen molar-refractivity contribution < 1.29 is 9.53 Å². The third kappa shape index (κ3) is 3.68. The highest BCUT2D eigenvalue weighted by Gasteiger charge is 2.15. The Labute approximate surface area is 112 Å². The topological polar surface area (TPSA) is 51.2 Å². The molecule has 1 aliphatic heterocycles. The van der Waals surface area contributed by atoms with Gasteiger partial charge < -0.3 is 10.1 Å². The summed E-state index contributed by atoms with van der Waals surface area (Å²) >= 11 is 5.83. The number of halogens is 1. The second-order valence-electron chi connectivity index (χ2n) is 4.52. The van der Waals surface area contributed by atoms with Gasteiger partial charge in [0.1, 0.15) is 5.15 Å². The zero-order valence-corrected chi connectivity index (χ0v) is 11.2. The lowest BCUT2D eigenvalue weighted by atomic mass is 10.1. The highest BCUT2D eigenvalue weighted by Crippen LogP contribution is 2.13. The van der Waals surface area contributed by atoms with Gasteiger partial charge in [0.05, 0.1) is 6.10 Å². The van der Waals surface area contributed by atoms with E-state index in [1.807, 2.05) is 6.92 Å². The maximum Gasteiger partial charge on any atom is 0.251 e. The van der Waals surface area contributed by atoms with Crippen LogP contribution in [-0.4, -0.2) is 30.1 Å². The molecule has 0 aromatic carbocycles. The molecule has 1 unspecified atom stereocenters. The molecule has 1 saturated heterocycles. The lowest BCUT2D eigenvalue weighted by molar-refractivity contribution is 0.0169. The largest absolute Gasteiger partial charge is 0.376 e. The molecule has 0 bridgehead atoms. The van der Waals surface area contributed by atoms with Gasteiger partial charge in [-0.1, -0.05) is 11.6 Å². The average molecular weight is 269 g/mol. The zero-order valence-electron chi connectivity index (χ0n) is 10.4. The van der Waals surface area contributed by atoms with Crippen LogP contribution in [-0.2, 0) is 4.74 Å². The Hall–Kier alpha value is -1.13. The van der Waals surface area contributed by atoms with Gasteiger partial charge in [0.2, 0.25) is 0 Å². The van der Waals surface area contributed by atoms with Crippen LogP contribution in [0.15, 0.2) is 12.1 Å². The standard InChI is InChI=1S/C13H17ClN2O2/c1-9-6-10(7-12(14)16-9)13(17)15-8-11-4-2-3-5-18-11/h6-7,11H,2-5,8H2,1H3,(H,15,17). The summed E-state index contributed by atoms with van der Waals surface area (Å²) in [5.74, 6) is -0.128. The van der Waals surface area contributed by atoms with Crippen LogP contribution in [0.5, 0.6) is 0 Å². The van der Waals surface area contributed by atoms with Crippen molar-refractivity contribution in [2.45, 2.75) is 32.3 Å². The minimum Gasteiger partial charge on any atom is -0.376 e. The highest BCUT2D eigenvalue weighted by molar-refractivity contribution is 6.29. The lowest BCUT2D eigenvalue weighted by Gasteiger charge is -2.22. The number of rotatable bonds is 3. The summed E-state index contributed by atoms with van der Waals surface area (Å²) in [6, 6.07) is 3.30. The van der Waals surface area contributed by atoms with E-state index in [0.717, 1.165) is 25.1 Å². The fourth-order valence-corrected chi connectivity index (χ4v) is 2.29. The van der Waals surface area contributed by atoms with Crippen molar-refractivity contribution >= 4 is 17.5 Å². The molecule has 4 nitrogen and oxygen atoms in total. The third-order valence-electron chi connectivity index (χ3n) is 2.95. The molecule has 0 spiro atoms. The summed E-state index contributed by atoms with van der Waals surface area (Å²) in [5.41, 5.74) is 1.28. The number of hydrogen-bond acceptors (Lipinski definition) is 3. The molecule has 1 aromatic heterocycles. The van der Waals surface area contributed by atoms with Crippen molar-refractivity contribution in [3.63, 3.8) is 0 Å². The van der Waals surface area contributed by atoms with Crippen molar-refractivity contribution in [2.24, 2.45) is 0 Å². The maximum absolute atomic E-state index is 11.9. The first-order valence-electron chi connectivity index (χ1n) is 6.19. The number of ether oxygens (including phenoxy) is 1. The molecule has 18 heavy (non-hydrogen) atoms. The average Bonchev–Trinajstić information content (AvgIpc) is 2.36. The lowest BCUT2D eigenvalue weighted by Crippen LogP contribution is -2.35. The van der Waals surface area contributed by atoms with Crippen LogP contribution in [0.3, 0.4) is 0 Å². The molecule has 1 fully saturated rings. The Morgan fingerprint density at radius 3 is 3.06 bits per heavy atom. The van der Waals surface area contributed by atoms with Crippen LogP contribution in [0.4, 0.5) is 0 Å². The number of amides is 1. The molecule has 5 heteroatoms. The van der Waals surface area contributed by atoms with Gasteiger partial charge in [0, 0.05) is 24.4 Å². The third-order valence-corrected chi connectivity index (χ3v) is 3.14. The van der Waals surface area contributed by atoms with E-state index in [1.165, 1.54) is 6.42 Å². The van der Waals surface area contributed by atoms with Gasteiger partial charge in [-0.2, -0.15) is 0 Å². The summed E-state index contributed by atoms with van der Waals surface area (Å²) in [5, 5.41) is 3.21. The Bertz CT molecular complexity index is 411. The number of hydrogen-bond donors (Lipinski definition) is 1. The van der Waals surface area contributed by atoms with Gasteiger partial charge in [0.15, 0.2) is 0 Å². The minimum atomic E-state index is -0.128. The number of aryl methyl sites for hydroxylation is 1. The molecule has 0 radical (unpaired) electrons. The van der Waals surface area contributed by atoms with Crippen molar-refractivity contribution in [1.29, 1.82) is 0 Å². The number of carbonyl (C=O) groups excluding carboxylic acids is 1. The monoisotopic (exact) mass is 268 g/mol. The van der Waals surface area contributed by atoms with Gasteiger partial charge in [-0.15, -0.1) is 0 Å². The quantitative estimate of drug-likeness (QED) is 0.856. The number of pyridine rings is 1. The fraction of sp³-hybridized carbons (Fsp3) is 0.538. The second-order valence-corrected chi connectivity index (χ2v) is 4.91. The van der Waals surface area contributed by atoms with Gasteiger partial charge in [-0.05, 0) is 38.3 Å². The fourth-order valence-electron chi connectivity index (χ4n) is 2.04. The summed E-state index contributed by atoms with van der Waals surface area (Å²) in [6.45, 7) is 3.16. The summed E-state index contributed by atoms with van der Waals surface area (Å²) in [7, 11) is 0. The van der Waals surface area contributed by atoms with Gasteiger partial charge >= 0.3 is 0 Å². The van der Waals surface area contributed by atoms with E-state index in [1.54, 1.807) is 12.1 Å². The summed E-state index contributed by atoms with van der Waals surface area (Å²) in [6.07, 6.45) is 3.43. The predicted molar refractivity (Wildman–Crippen MR) is 69.9 cm³/mol. The van der Waals surface area contributed by atoms with E-state index in [2.05, 4.69) is 10.3 Å². The first kappa shape index (κ1) is 13.3. The van der Waals surface area contributed by atoms with Crippen molar-refractivity contribution in [3.05, 3.63) is 28.5 Å². The van der Waals surface area contributed by atoms with Crippen LogP contribution < -0.4 is 5.32 Å². The van der Waals surface area contributed by atoms with Gasteiger partial charge in [-0.25, -0.2) is 4.98 Å². The normalized spacial score (nSPS) is 19.6. The molecule has 1 atom stereocenters. The first-order valence-corrected chi connectivity index (χ1v) is 6.57. The first-order chi connectivity index (χ1) is 8.65. The number of carbonyl (C=O) groups is 1. The van der Waals surface area contributed by atoms with Crippen molar-refractivity contribution in [1.82, 2.24) is 10.3 Å². The number of aromatic nitrogens is 1. The second kappa shape index (κ2) is 6.16. The van der Waals surface area contributed by atoms with Crippen molar-refractivity contribution in [3.8, 4) is 0 Å². The maximum atomic E-state index is 11.9. The Morgan fingerprint density at radius 1 is 1.56 bits per heavy atom. The van der Waals surface area contributed by atoms with E-state index >= 15 is 0 Å². The van der Waals surface area contributed by atoms with Crippen LogP contribution >= 0.6 is 11.6 Å². The van der Waals surface area contributed by atoms with E-state index < -0.39 is 0 Å². The van der Waals surface area contributed by atoms with Crippen LogP contribution in [0.25, 0.3) is 0 Å². The molecule has 2 rings (SSSR count). The van der Waals surface area contributed by atoms with Crippen LogP contribution in [0, 0.1) is 6.92 Å². The summed E-state index contributed by atoms with van der Waals surface area (Å²) < 4.78 is 5.56. The van der Waals surface area contributed by atoms with Crippen LogP contribution in [0.1, 0.15) is 35.3 Å². The Morgan fingerprint density at radius 2 is 2.39 bits per heavy atom. The number of nitrogens with zero attached hydrogens (tertiary/aromatic N) is 1. The Balaban J connectivity index is 1.90. The van der Waals surface area contributed by atoms with Crippen molar-refractivity contribution in [2.75, 3.05) is 13.2 Å². The molecule has 98 valence electrons. The molecule has 2 heterocycles. The smallest absolute Gasteiger partial charge is 0.251 e. The number of nitrogens with one attached hydrogen (secondary N) is 1. The predicted octanol–water partition coefficient (Wildman–Crippen LogP) is 2.34. The Kier molecular flexibility index (Phi) is 4.55. The molecule has 1 N–H and O–H groups in total. The zero-order chi connectivity index (χ0) is 13.0. The molecule has 1 amide bonds. The van der Waals surface area contributed by atoms with E-state index in [4.69, 9.17) is 16.3 Å². The highest BCUT2D eigenvalue weighted by atomic mass is 35.5.